The standard InChI is InChI=1S/C62H50BN3/c1-42-49-18-6-12-24-55(49)64(56-25-13-7-19-50(42)56)46-36-30-43(31-37-46)63(44-32-38-47(39-33-44)65-57-26-14-8-20-51(57)61(2,3)52-21-9-15-27-58(52)65)45-34-40-48(41-35-45)66-59-28-16-10-22-53(59)62(4,5)54-23-11-17-29-60(54)66/h6-41H,1H2,2-5H3. The van der Waals surface area contributed by atoms with E-state index in [9.17, 15) is 0 Å². The van der Waals surface area contributed by atoms with Crippen molar-refractivity contribution in [1.82, 2.24) is 0 Å². The molecule has 316 valence electrons. The lowest BCUT2D eigenvalue weighted by atomic mass is 9.37. The van der Waals surface area contributed by atoms with Crippen LogP contribution in [-0.2, 0) is 10.8 Å². The molecule has 3 heterocycles. The van der Waals surface area contributed by atoms with Gasteiger partial charge < -0.3 is 14.7 Å². The summed E-state index contributed by atoms with van der Waals surface area (Å²) in [5, 5.41) is 0. The summed E-state index contributed by atoms with van der Waals surface area (Å²) < 4.78 is 0. The number of anilines is 9. The highest BCUT2D eigenvalue weighted by Crippen LogP contribution is 2.53. The van der Waals surface area contributed by atoms with Gasteiger partial charge in [0.1, 0.15) is 0 Å². The number of hydrogen-bond acceptors (Lipinski definition) is 3. The first-order valence-corrected chi connectivity index (χ1v) is 23.2. The van der Waals surface area contributed by atoms with Crippen LogP contribution in [0.15, 0.2) is 225 Å². The van der Waals surface area contributed by atoms with Crippen LogP contribution in [0, 0.1) is 0 Å². The third-order valence-corrected chi connectivity index (χ3v) is 14.7. The molecule has 0 fully saturated rings. The molecule has 9 aromatic rings. The maximum absolute atomic E-state index is 4.53. The summed E-state index contributed by atoms with van der Waals surface area (Å²) in [7, 11) is 0. The summed E-state index contributed by atoms with van der Waals surface area (Å²) in [5.41, 5.74) is 22.8. The largest absolute Gasteiger partial charge is 0.310 e. The lowest BCUT2D eigenvalue weighted by Crippen LogP contribution is -2.52. The van der Waals surface area contributed by atoms with E-state index >= 15 is 0 Å². The van der Waals surface area contributed by atoms with E-state index in [0.717, 1.165) is 45.1 Å². The number of nitrogens with zero attached hydrogens (tertiary/aromatic N) is 3. The maximum atomic E-state index is 4.53. The SMILES string of the molecule is C=C1c2ccccc2N(c2ccc(B(c3ccc(N4c5ccccc5C(C)(C)c5ccccc54)cc3)c3ccc(N4c5ccccc5C(C)(C)c5ccccc54)cc3)cc2)c2ccccc21. The third kappa shape index (κ3) is 6.05. The molecule has 9 aromatic carbocycles. The fourth-order valence-electron chi connectivity index (χ4n) is 11.3. The van der Waals surface area contributed by atoms with Crippen molar-refractivity contribution in [3.8, 4) is 0 Å². The molecule has 0 aromatic heterocycles. The number of benzene rings is 9. The number of hydrogen-bond donors (Lipinski definition) is 0. The smallest absolute Gasteiger partial charge is 0.241 e. The second kappa shape index (κ2) is 15.1. The molecule has 0 aliphatic carbocycles. The zero-order valence-corrected chi connectivity index (χ0v) is 37.9. The monoisotopic (exact) mass is 847 g/mol. The molecular formula is C62H50BN3. The zero-order chi connectivity index (χ0) is 44.7. The molecule has 0 unspecified atom stereocenters. The number of para-hydroxylation sites is 6. The van der Waals surface area contributed by atoms with Gasteiger partial charge in [0.15, 0.2) is 0 Å². The molecule has 12 rings (SSSR count). The second-order valence-corrected chi connectivity index (χ2v) is 19.0. The average molecular weight is 848 g/mol. The summed E-state index contributed by atoms with van der Waals surface area (Å²) >= 11 is 0. The minimum atomic E-state index is -0.117. The maximum Gasteiger partial charge on any atom is 0.241 e. The van der Waals surface area contributed by atoms with Gasteiger partial charge in [0, 0.05) is 39.0 Å². The third-order valence-electron chi connectivity index (χ3n) is 14.7. The van der Waals surface area contributed by atoms with Crippen molar-refractivity contribution in [2.24, 2.45) is 0 Å². The summed E-state index contributed by atoms with van der Waals surface area (Å²) in [5.74, 6) is 0. The van der Waals surface area contributed by atoms with E-state index < -0.39 is 0 Å². The molecule has 4 heteroatoms. The van der Waals surface area contributed by atoms with E-state index in [1.54, 1.807) is 0 Å². The van der Waals surface area contributed by atoms with Gasteiger partial charge >= 0.3 is 0 Å². The van der Waals surface area contributed by atoms with Crippen molar-refractivity contribution in [2.75, 3.05) is 14.7 Å². The first-order chi connectivity index (χ1) is 32.2. The van der Waals surface area contributed by atoms with Gasteiger partial charge in [-0.2, -0.15) is 0 Å². The van der Waals surface area contributed by atoms with E-state index in [1.165, 1.54) is 61.4 Å². The molecule has 3 aliphatic rings. The van der Waals surface area contributed by atoms with Crippen LogP contribution < -0.4 is 31.1 Å². The molecule has 0 spiro atoms. The van der Waals surface area contributed by atoms with Crippen molar-refractivity contribution < 1.29 is 0 Å². The molecule has 0 N–H and O–H groups in total. The summed E-state index contributed by atoms with van der Waals surface area (Å²) in [6.07, 6.45) is 0. The molecule has 3 aliphatic heterocycles. The normalized spacial score (nSPS) is 14.8. The van der Waals surface area contributed by atoms with Crippen LogP contribution in [0.4, 0.5) is 51.2 Å². The lowest BCUT2D eigenvalue weighted by Gasteiger charge is -2.42. The Morgan fingerprint density at radius 1 is 0.303 bits per heavy atom. The highest BCUT2D eigenvalue weighted by Gasteiger charge is 2.38. The molecule has 0 bridgehead atoms. The fourth-order valence-corrected chi connectivity index (χ4v) is 11.3. The minimum Gasteiger partial charge on any atom is -0.310 e. The molecule has 0 atom stereocenters. The van der Waals surface area contributed by atoms with Crippen LogP contribution in [0.5, 0.6) is 0 Å². The number of rotatable bonds is 6. The van der Waals surface area contributed by atoms with E-state index in [0.29, 0.717) is 0 Å². The van der Waals surface area contributed by atoms with Crippen LogP contribution in [0.2, 0.25) is 0 Å². The molecule has 0 saturated carbocycles. The first-order valence-electron chi connectivity index (χ1n) is 23.2. The summed E-state index contributed by atoms with van der Waals surface area (Å²) in [6.45, 7) is 13.9. The Bertz CT molecular complexity index is 3050. The predicted octanol–water partition coefficient (Wildman–Crippen LogP) is 14.3. The highest BCUT2D eigenvalue weighted by atomic mass is 15.2. The van der Waals surface area contributed by atoms with Gasteiger partial charge in [0.2, 0.25) is 6.71 Å². The van der Waals surface area contributed by atoms with E-state index in [-0.39, 0.29) is 17.5 Å². The Morgan fingerprint density at radius 2 is 0.545 bits per heavy atom. The van der Waals surface area contributed by atoms with Crippen molar-refractivity contribution in [3.05, 3.63) is 258 Å². The predicted molar refractivity (Wildman–Crippen MR) is 280 cm³/mol. The Morgan fingerprint density at radius 3 is 0.848 bits per heavy atom. The summed E-state index contributed by atoms with van der Waals surface area (Å²) in [4.78, 5) is 7.26. The van der Waals surface area contributed by atoms with Crippen LogP contribution in [0.25, 0.3) is 5.57 Å². The van der Waals surface area contributed by atoms with E-state index in [4.69, 9.17) is 0 Å². The Balaban J connectivity index is 0.970. The molecule has 0 amide bonds. The van der Waals surface area contributed by atoms with Gasteiger partial charge in [-0.3, -0.25) is 0 Å². The van der Waals surface area contributed by atoms with Crippen LogP contribution in [-0.4, -0.2) is 6.71 Å². The van der Waals surface area contributed by atoms with Crippen molar-refractivity contribution in [1.29, 1.82) is 0 Å². The lowest BCUT2D eigenvalue weighted by molar-refractivity contribution is 0.632. The highest BCUT2D eigenvalue weighted by molar-refractivity contribution is 6.95. The number of fused-ring (bicyclic) bond motifs is 6. The Hall–Kier alpha value is -7.82. The van der Waals surface area contributed by atoms with Gasteiger partial charge in [-0.15, -0.1) is 0 Å². The first kappa shape index (κ1) is 39.8. The molecular weight excluding hydrogens is 798 g/mol. The van der Waals surface area contributed by atoms with Crippen molar-refractivity contribution in [2.45, 2.75) is 38.5 Å². The van der Waals surface area contributed by atoms with Gasteiger partial charge in [0.05, 0.1) is 34.1 Å². The molecule has 66 heavy (non-hydrogen) atoms. The Kier molecular flexibility index (Phi) is 9.12. The van der Waals surface area contributed by atoms with Crippen molar-refractivity contribution >= 4 is 79.9 Å². The quantitative estimate of drug-likeness (QED) is 0.154. The molecule has 0 radical (unpaired) electrons. The fraction of sp³-hybridized carbons (Fsp3) is 0.0968. The average Bonchev–Trinajstić information content (AvgIpc) is 3.36. The van der Waals surface area contributed by atoms with E-state index in [2.05, 4.69) is 267 Å². The minimum absolute atomic E-state index is 0.0254. The van der Waals surface area contributed by atoms with Crippen molar-refractivity contribution in [3.63, 3.8) is 0 Å². The molecule has 3 nitrogen and oxygen atoms in total. The zero-order valence-electron chi connectivity index (χ0n) is 37.9. The second-order valence-electron chi connectivity index (χ2n) is 19.0. The van der Waals surface area contributed by atoms with Crippen LogP contribution in [0.3, 0.4) is 0 Å². The van der Waals surface area contributed by atoms with Gasteiger partial charge in [-0.25, -0.2) is 0 Å². The van der Waals surface area contributed by atoms with Crippen LogP contribution in [0.1, 0.15) is 61.1 Å². The van der Waals surface area contributed by atoms with Gasteiger partial charge in [0.25, 0.3) is 0 Å². The molecule has 0 saturated heterocycles. The summed E-state index contributed by atoms with van der Waals surface area (Å²) in [6, 6.07) is 80.6. The van der Waals surface area contributed by atoms with Crippen LogP contribution >= 0.6 is 0 Å². The van der Waals surface area contributed by atoms with Gasteiger partial charge in [-0.05, 0) is 101 Å². The topological polar surface area (TPSA) is 9.72 Å². The van der Waals surface area contributed by atoms with E-state index in [1.807, 2.05) is 0 Å². The van der Waals surface area contributed by atoms with Gasteiger partial charge in [-0.1, -0.05) is 196 Å². The Labute approximate surface area is 389 Å².